The third-order valence-corrected chi connectivity index (χ3v) is 6.66. The maximum absolute atomic E-state index is 12.9. The van der Waals surface area contributed by atoms with Crippen molar-refractivity contribution in [2.24, 2.45) is 0 Å². The Bertz CT molecular complexity index is 829. The van der Waals surface area contributed by atoms with Gasteiger partial charge in [-0.25, -0.2) is 4.98 Å². The molecule has 128 valence electrons. The van der Waals surface area contributed by atoms with E-state index in [4.69, 9.17) is 4.98 Å². The van der Waals surface area contributed by atoms with E-state index in [1.54, 1.807) is 23.1 Å². The summed E-state index contributed by atoms with van der Waals surface area (Å²) in [6.07, 6.45) is 3.26. The van der Waals surface area contributed by atoms with Crippen LogP contribution in [0.4, 0.5) is 0 Å². The van der Waals surface area contributed by atoms with Crippen molar-refractivity contribution in [3.8, 4) is 0 Å². The van der Waals surface area contributed by atoms with Crippen LogP contribution in [0.15, 0.2) is 59.5 Å². The van der Waals surface area contributed by atoms with Gasteiger partial charge in [-0.2, -0.15) is 0 Å². The number of carbonyl (C=O) groups excluding carboxylic acids is 1. The van der Waals surface area contributed by atoms with Crippen molar-refractivity contribution < 1.29 is 4.79 Å². The van der Waals surface area contributed by atoms with Gasteiger partial charge in [-0.05, 0) is 43.5 Å². The number of nitrogens with zero attached hydrogens (tertiary/aromatic N) is 2. The Morgan fingerprint density at radius 2 is 1.92 bits per heavy atom. The van der Waals surface area contributed by atoms with E-state index in [2.05, 4.69) is 29.2 Å². The molecule has 0 N–H and O–H groups in total. The number of likely N-dealkylation sites (tertiary alicyclic amines) is 1. The minimum absolute atomic E-state index is 0.134. The van der Waals surface area contributed by atoms with Crippen molar-refractivity contribution >= 4 is 39.2 Å². The summed E-state index contributed by atoms with van der Waals surface area (Å²) in [5.74, 6) is 0.712. The first-order chi connectivity index (χ1) is 12.3. The van der Waals surface area contributed by atoms with Crippen molar-refractivity contribution in [1.82, 2.24) is 9.88 Å². The van der Waals surface area contributed by atoms with E-state index in [9.17, 15) is 4.79 Å². The van der Waals surface area contributed by atoms with Gasteiger partial charge in [-0.3, -0.25) is 4.79 Å². The summed E-state index contributed by atoms with van der Waals surface area (Å²) in [7, 11) is 0. The summed E-state index contributed by atoms with van der Waals surface area (Å²) in [6.45, 7) is 0.842. The number of carbonyl (C=O) groups is 1. The largest absolute Gasteiger partial charge is 0.332 e. The predicted molar refractivity (Wildman–Crippen MR) is 105 cm³/mol. The van der Waals surface area contributed by atoms with Gasteiger partial charge in [-0.15, -0.1) is 23.1 Å². The molecule has 25 heavy (non-hydrogen) atoms. The number of fused-ring (bicyclic) bond motifs is 1. The van der Waals surface area contributed by atoms with Gasteiger partial charge in [-0.1, -0.05) is 30.3 Å². The summed E-state index contributed by atoms with van der Waals surface area (Å²) in [5.41, 5.74) is 1.04. The van der Waals surface area contributed by atoms with Crippen LogP contribution in [0.2, 0.25) is 0 Å². The van der Waals surface area contributed by atoms with Crippen molar-refractivity contribution in [3.05, 3.63) is 59.6 Å². The molecule has 1 atom stereocenters. The number of benzene rings is 2. The first kappa shape index (κ1) is 16.6. The highest BCUT2D eigenvalue weighted by Gasteiger charge is 2.30. The molecule has 0 saturated carbocycles. The molecule has 2 heterocycles. The third-order valence-electron chi connectivity index (χ3n) is 4.52. The highest BCUT2D eigenvalue weighted by Crippen LogP contribution is 2.36. The number of hydrogen-bond donors (Lipinski definition) is 0. The molecule has 1 aromatic heterocycles. The minimum Gasteiger partial charge on any atom is -0.332 e. The highest BCUT2D eigenvalue weighted by molar-refractivity contribution is 8.00. The molecule has 1 aliphatic rings. The summed E-state index contributed by atoms with van der Waals surface area (Å²) >= 11 is 3.34. The molecule has 1 aliphatic heterocycles. The number of amides is 1. The molecule has 0 spiro atoms. The van der Waals surface area contributed by atoms with Gasteiger partial charge in [0.15, 0.2) is 0 Å². The van der Waals surface area contributed by atoms with Crippen LogP contribution < -0.4 is 0 Å². The van der Waals surface area contributed by atoms with E-state index in [0.717, 1.165) is 41.2 Å². The molecule has 5 heteroatoms. The van der Waals surface area contributed by atoms with E-state index in [1.807, 2.05) is 30.3 Å². The van der Waals surface area contributed by atoms with Crippen LogP contribution in [0.3, 0.4) is 0 Å². The molecule has 3 nitrogen and oxygen atoms in total. The average molecular weight is 369 g/mol. The number of aromatic nitrogens is 1. The maximum Gasteiger partial charge on any atom is 0.233 e. The lowest BCUT2D eigenvalue weighted by Gasteiger charge is -2.34. The minimum atomic E-state index is 0.134. The van der Waals surface area contributed by atoms with E-state index in [-0.39, 0.29) is 11.9 Å². The lowest BCUT2D eigenvalue weighted by atomic mass is 10.0. The molecule has 0 bridgehead atoms. The first-order valence-corrected chi connectivity index (χ1v) is 10.4. The van der Waals surface area contributed by atoms with Crippen LogP contribution >= 0.6 is 23.1 Å². The van der Waals surface area contributed by atoms with Crippen molar-refractivity contribution in [3.63, 3.8) is 0 Å². The van der Waals surface area contributed by atoms with E-state index in [0.29, 0.717) is 5.75 Å². The van der Waals surface area contributed by atoms with E-state index in [1.165, 1.54) is 4.70 Å². The number of para-hydroxylation sites is 1. The molecular weight excluding hydrogens is 348 g/mol. The Balaban J connectivity index is 1.51. The quantitative estimate of drug-likeness (QED) is 0.598. The summed E-state index contributed by atoms with van der Waals surface area (Å²) in [5, 5.41) is 1.08. The van der Waals surface area contributed by atoms with Crippen LogP contribution in [0, 0.1) is 0 Å². The van der Waals surface area contributed by atoms with E-state index >= 15 is 0 Å². The standard InChI is InChI=1S/C20H20N2OS2/c23-19(14-24-15-8-2-1-3-9-15)22-13-7-6-11-17(22)20-21-16-10-4-5-12-18(16)25-20/h1-5,8-10,12,17H,6-7,11,13-14H2. The van der Waals surface area contributed by atoms with Crippen LogP contribution in [-0.4, -0.2) is 28.1 Å². The fourth-order valence-electron chi connectivity index (χ4n) is 3.26. The number of hydrogen-bond acceptors (Lipinski definition) is 4. The fourth-order valence-corrected chi connectivity index (χ4v) is 5.18. The predicted octanol–water partition coefficient (Wildman–Crippen LogP) is 5.14. The van der Waals surface area contributed by atoms with Gasteiger partial charge in [0.05, 0.1) is 22.0 Å². The van der Waals surface area contributed by atoms with Gasteiger partial charge < -0.3 is 4.90 Å². The zero-order valence-corrected chi connectivity index (χ0v) is 15.6. The van der Waals surface area contributed by atoms with Gasteiger partial charge in [0, 0.05) is 11.4 Å². The van der Waals surface area contributed by atoms with Gasteiger partial charge >= 0.3 is 0 Å². The number of rotatable bonds is 4. The van der Waals surface area contributed by atoms with Crippen LogP contribution in [0.25, 0.3) is 10.2 Å². The molecule has 2 aromatic carbocycles. The monoisotopic (exact) mass is 368 g/mol. The Morgan fingerprint density at radius 1 is 1.12 bits per heavy atom. The van der Waals surface area contributed by atoms with E-state index < -0.39 is 0 Å². The average Bonchev–Trinajstić information content (AvgIpc) is 3.11. The molecule has 1 unspecified atom stereocenters. The van der Waals surface area contributed by atoms with Crippen molar-refractivity contribution in [2.45, 2.75) is 30.2 Å². The first-order valence-electron chi connectivity index (χ1n) is 8.64. The van der Waals surface area contributed by atoms with Crippen molar-refractivity contribution in [1.29, 1.82) is 0 Å². The zero-order valence-electron chi connectivity index (χ0n) is 13.9. The molecule has 4 rings (SSSR count). The van der Waals surface area contributed by atoms with Gasteiger partial charge in [0.2, 0.25) is 5.91 Å². The van der Waals surface area contributed by atoms with Crippen molar-refractivity contribution in [2.75, 3.05) is 12.3 Å². The molecule has 3 aromatic rings. The molecule has 0 radical (unpaired) electrons. The zero-order chi connectivity index (χ0) is 17.1. The second-order valence-electron chi connectivity index (χ2n) is 6.22. The van der Waals surface area contributed by atoms with Crippen LogP contribution in [-0.2, 0) is 4.79 Å². The summed E-state index contributed by atoms with van der Waals surface area (Å²) < 4.78 is 1.20. The second-order valence-corrected chi connectivity index (χ2v) is 8.33. The number of thioether (sulfide) groups is 1. The number of thiazole rings is 1. The lowest BCUT2D eigenvalue weighted by molar-refractivity contribution is -0.132. The third kappa shape index (κ3) is 3.72. The smallest absolute Gasteiger partial charge is 0.233 e. The second kappa shape index (κ2) is 7.58. The normalized spacial score (nSPS) is 17.8. The SMILES string of the molecule is O=C(CSc1ccccc1)N1CCCCC1c1nc2ccccc2s1. The molecule has 1 saturated heterocycles. The molecule has 1 fully saturated rings. The fraction of sp³-hybridized carbons (Fsp3) is 0.300. The number of piperidine rings is 1. The van der Waals surface area contributed by atoms with Crippen LogP contribution in [0.5, 0.6) is 0 Å². The molecular formula is C20H20N2OS2. The Hall–Kier alpha value is -1.85. The Labute approximate surface area is 156 Å². The maximum atomic E-state index is 12.9. The topological polar surface area (TPSA) is 33.2 Å². The molecule has 1 amide bonds. The summed E-state index contributed by atoms with van der Waals surface area (Å²) in [4.78, 5) is 20.9. The lowest BCUT2D eigenvalue weighted by Crippen LogP contribution is -2.39. The van der Waals surface area contributed by atoms with Crippen LogP contribution in [0.1, 0.15) is 30.3 Å². The summed E-state index contributed by atoms with van der Waals surface area (Å²) in [6, 6.07) is 18.5. The van der Waals surface area contributed by atoms with Gasteiger partial charge in [0.1, 0.15) is 5.01 Å². The highest BCUT2D eigenvalue weighted by atomic mass is 32.2. The Kier molecular flexibility index (Phi) is 5.04. The van der Waals surface area contributed by atoms with Gasteiger partial charge in [0.25, 0.3) is 0 Å². The molecule has 0 aliphatic carbocycles. The Morgan fingerprint density at radius 3 is 2.76 bits per heavy atom.